The largest absolute Gasteiger partial charge is 0.465 e. The molecule has 0 aliphatic carbocycles. The zero-order valence-corrected chi connectivity index (χ0v) is 18.7. The van der Waals surface area contributed by atoms with Crippen LogP contribution in [-0.2, 0) is 9.53 Å². The first-order valence-corrected chi connectivity index (χ1v) is 10.7. The van der Waals surface area contributed by atoms with Crippen molar-refractivity contribution in [3.05, 3.63) is 29.8 Å². The van der Waals surface area contributed by atoms with E-state index in [9.17, 15) is 9.59 Å². The average Bonchev–Trinajstić information content (AvgIpc) is 2.66. The van der Waals surface area contributed by atoms with Gasteiger partial charge in [-0.1, -0.05) is 80.3 Å². The molecule has 28 heavy (non-hydrogen) atoms. The van der Waals surface area contributed by atoms with E-state index >= 15 is 0 Å². The summed E-state index contributed by atoms with van der Waals surface area (Å²) < 4.78 is 2.92. The van der Waals surface area contributed by atoms with Gasteiger partial charge in [-0.2, -0.15) is 0 Å². The van der Waals surface area contributed by atoms with Crippen molar-refractivity contribution in [2.24, 2.45) is 0 Å². The SMILES string of the molecule is CCCCCCCCCC(=O)N[C@H](Nc1ccc(C(=O)OC)cc1)C(Cl)(Cl)Cl. The summed E-state index contributed by atoms with van der Waals surface area (Å²) in [6.45, 7) is 2.19. The van der Waals surface area contributed by atoms with Crippen LogP contribution in [0.25, 0.3) is 0 Å². The molecule has 0 heterocycles. The zero-order valence-electron chi connectivity index (χ0n) is 16.4. The maximum absolute atomic E-state index is 12.2. The third kappa shape index (κ3) is 9.85. The lowest BCUT2D eigenvalue weighted by Gasteiger charge is -2.27. The highest BCUT2D eigenvalue weighted by molar-refractivity contribution is 6.68. The first kappa shape index (κ1) is 24.9. The number of halogens is 3. The Hall–Kier alpha value is -1.17. The fourth-order valence-electron chi connectivity index (χ4n) is 2.66. The van der Waals surface area contributed by atoms with E-state index in [1.807, 2.05) is 0 Å². The first-order valence-electron chi connectivity index (χ1n) is 9.59. The van der Waals surface area contributed by atoms with E-state index in [2.05, 4.69) is 22.3 Å². The highest BCUT2D eigenvalue weighted by Gasteiger charge is 2.33. The van der Waals surface area contributed by atoms with Gasteiger partial charge in [-0.25, -0.2) is 4.79 Å². The van der Waals surface area contributed by atoms with E-state index in [0.29, 0.717) is 17.7 Å². The van der Waals surface area contributed by atoms with Gasteiger partial charge >= 0.3 is 5.97 Å². The molecule has 0 spiro atoms. The van der Waals surface area contributed by atoms with E-state index in [1.165, 1.54) is 32.8 Å². The van der Waals surface area contributed by atoms with Crippen LogP contribution in [0.15, 0.2) is 24.3 Å². The Morgan fingerprint density at radius 2 is 1.57 bits per heavy atom. The van der Waals surface area contributed by atoms with Crippen LogP contribution in [0.4, 0.5) is 5.69 Å². The molecule has 0 saturated carbocycles. The van der Waals surface area contributed by atoms with E-state index < -0.39 is 15.9 Å². The van der Waals surface area contributed by atoms with Crippen molar-refractivity contribution >= 4 is 52.4 Å². The van der Waals surface area contributed by atoms with Gasteiger partial charge in [0.2, 0.25) is 9.70 Å². The molecule has 158 valence electrons. The highest BCUT2D eigenvalue weighted by Crippen LogP contribution is 2.31. The summed E-state index contributed by atoms with van der Waals surface area (Å²) in [7, 11) is 1.31. The van der Waals surface area contributed by atoms with Crippen LogP contribution in [0.2, 0.25) is 0 Å². The van der Waals surface area contributed by atoms with Gasteiger partial charge in [-0.3, -0.25) is 4.79 Å². The average molecular weight is 452 g/mol. The highest BCUT2D eigenvalue weighted by atomic mass is 35.6. The van der Waals surface area contributed by atoms with Gasteiger partial charge in [0.25, 0.3) is 0 Å². The second kappa shape index (κ2) is 13.1. The van der Waals surface area contributed by atoms with Crippen LogP contribution < -0.4 is 10.6 Å². The van der Waals surface area contributed by atoms with Gasteiger partial charge in [0.15, 0.2) is 0 Å². The van der Waals surface area contributed by atoms with Gasteiger partial charge in [0.05, 0.1) is 12.7 Å². The Balaban J connectivity index is 2.50. The second-order valence-electron chi connectivity index (χ2n) is 6.63. The molecule has 5 nitrogen and oxygen atoms in total. The number of carbonyl (C=O) groups excluding carboxylic acids is 2. The Bertz CT molecular complexity index is 604. The van der Waals surface area contributed by atoms with Gasteiger partial charge < -0.3 is 15.4 Å². The number of ether oxygens (including phenoxy) is 1. The molecule has 0 saturated heterocycles. The molecule has 1 rings (SSSR count). The molecule has 0 unspecified atom stereocenters. The minimum atomic E-state index is -1.74. The van der Waals surface area contributed by atoms with Crippen molar-refractivity contribution in [3.8, 4) is 0 Å². The molecule has 0 radical (unpaired) electrons. The monoisotopic (exact) mass is 450 g/mol. The molecule has 1 amide bonds. The van der Waals surface area contributed by atoms with Crippen molar-refractivity contribution < 1.29 is 14.3 Å². The van der Waals surface area contributed by atoms with Crippen molar-refractivity contribution in [1.82, 2.24) is 5.32 Å². The van der Waals surface area contributed by atoms with Gasteiger partial charge in [0.1, 0.15) is 6.17 Å². The normalized spacial score (nSPS) is 12.3. The molecule has 0 fully saturated rings. The number of esters is 1. The predicted molar refractivity (Wildman–Crippen MR) is 116 cm³/mol. The number of nitrogens with one attached hydrogen (secondary N) is 2. The molecule has 1 aromatic rings. The smallest absolute Gasteiger partial charge is 0.337 e. The van der Waals surface area contributed by atoms with Crippen LogP contribution in [-0.4, -0.2) is 28.9 Å². The molecular weight excluding hydrogens is 423 g/mol. The van der Waals surface area contributed by atoms with Crippen LogP contribution in [0.5, 0.6) is 0 Å². The summed E-state index contributed by atoms with van der Waals surface area (Å²) in [5.74, 6) is -0.615. The van der Waals surface area contributed by atoms with E-state index in [4.69, 9.17) is 34.8 Å². The molecule has 1 atom stereocenters. The number of hydrogen-bond donors (Lipinski definition) is 2. The minimum absolute atomic E-state index is 0.177. The van der Waals surface area contributed by atoms with Crippen LogP contribution in [0.1, 0.15) is 68.6 Å². The first-order chi connectivity index (χ1) is 13.3. The van der Waals surface area contributed by atoms with Crippen molar-refractivity contribution in [2.45, 2.75) is 68.2 Å². The number of alkyl halides is 3. The Labute approximate surface area is 182 Å². The lowest BCUT2D eigenvalue weighted by Crippen LogP contribution is -2.49. The lowest BCUT2D eigenvalue weighted by molar-refractivity contribution is -0.121. The Morgan fingerprint density at radius 1 is 1.00 bits per heavy atom. The van der Waals surface area contributed by atoms with Gasteiger partial charge in [0, 0.05) is 12.1 Å². The van der Waals surface area contributed by atoms with E-state index in [1.54, 1.807) is 24.3 Å². The van der Waals surface area contributed by atoms with E-state index in [-0.39, 0.29) is 5.91 Å². The summed E-state index contributed by atoms with van der Waals surface area (Å²) in [6, 6.07) is 6.48. The molecule has 0 bridgehead atoms. The topological polar surface area (TPSA) is 67.4 Å². The number of benzene rings is 1. The zero-order chi connectivity index (χ0) is 21.0. The summed E-state index contributed by atoms with van der Waals surface area (Å²) >= 11 is 18.0. The van der Waals surface area contributed by atoms with Crippen molar-refractivity contribution in [1.29, 1.82) is 0 Å². The number of carbonyl (C=O) groups is 2. The number of amides is 1. The van der Waals surface area contributed by atoms with Crippen LogP contribution >= 0.6 is 34.8 Å². The fraction of sp³-hybridized carbons (Fsp3) is 0.600. The predicted octanol–water partition coefficient (Wildman–Crippen LogP) is 5.84. The minimum Gasteiger partial charge on any atom is -0.465 e. The summed E-state index contributed by atoms with van der Waals surface area (Å²) in [4.78, 5) is 23.7. The van der Waals surface area contributed by atoms with Crippen molar-refractivity contribution in [3.63, 3.8) is 0 Å². The molecule has 8 heteroatoms. The van der Waals surface area contributed by atoms with Crippen LogP contribution in [0, 0.1) is 0 Å². The molecule has 0 aliphatic heterocycles. The second-order valence-corrected chi connectivity index (χ2v) is 9.00. The molecule has 0 aromatic heterocycles. The number of hydrogen-bond acceptors (Lipinski definition) is 4. The quantitative estimate of drug-likeness (QED) is 0.181. The summed E-state index contributed by atoms with van der Waals surface area (Å²) in [5.41, 5.74) is 1.00. The Morgan fingerprint density at radius 3 is 2.11 bits per heavy atom. The number of methoxy groups -OCH3 is 1. The third-order valence-electron chi connectivity index (χ3n) is 4.26. The maximum Gasteiger partial charge on any atom is 0.337 e. The standard InChI is InChI=1S/C20H29Cl3N2O3/c1-3-4-5-6-7-8-9-10-17(26)25-19(20(21,22)23)24-16-13-11-15(12-14-16)18(27)28-2/h11-14,19,24H,3-10H2,1-2H3,(H,25,26)/t19-/m0/s1. The Kier molecular flexibility index (Phi) is 11.7. The van der Waals surface area contributed by atoms with Crippen molar-refractivity contribution in [2.75, 3.05) is 12.4 Å². The van der Waals surface area contributed by atoms with E-state index in [0.717, 1.165) is 19.3 Å². The molecule has 1 aromatic carbocycles. The van der Waals surface area contributed by atoms with Gasteiger partial charge in [-0.15, -0.1) is 0 Å². The summed E-state index contributed by atoms with van der Waals surface area (Å²) in [5, 5.41) is 5.71. The maximum atomic E-state index is 12.2. The molecular formula is C20H29Cl3N2O3. The lowest BCUT2D eigenvalue weighted by atomic mass is 10.1. The third-order valence-corrected chi connectivity index (χ3v) is 4.91. The van der Waals surface area contributed by atoms with Gasteiger partial charge in [-0.05, 0) is 30.7 Å². The molecule has 0 aliphatic rings. The molecule has 2 N–H and O–H groups in total. The van der Waals surface area contributed by atoms with Crippen LogP contribution in [0.3, 0.4) is 0 Å². The number of rotatable bonds is 12. The fourth-order valence-corrected chi connectivity index (χ4v) is 2.99. The number of unbranched alkanes of at least 4 members (excludes halogenated alkanes) is 6. The number of anilines is 1. The summed E-state index contributed by atoms with van der Waals surface area (Å²) in [6.07, 6.45) is 7.36.